The van der Waals surface area contributed by atoms with Gasteiger partial charge in [0.25, 0.3) is 20.2 Å². The Labute approximate surface area is 290 Å². The van der Waals surface area contributed by atoms with Crippen molar-refractivity contribution < 1.29 is 67.8 Å². The van der Waals surface area contributed by atoms with Gasteiger partial charge in [0.2, 0.25) is 0 Å². The molecule has 2 aromatic rings. The van der Waals surface area contributed by atoms with Crippen LogP contribution in [-0.4, -0.2) is 149 Å². The van der Waals surface area contributed by atoms with Gasteiger partial charge in [0.15, 0.2) is 0 Å². The summed E-state index contributed by atoms with van der Waals surface area (Å²) >= 11 is 0. The zero-order valence-electron chi connectivity index (χ0n) is 27.9. The predicted octanol–water partition coefficient (Wildman–Crippen LogP) is 1.95. The Morgan fingerprint density at radius 1 is 0.286 bits per heavy atom. The van der Waals surface area contributed by atoms with Gasteiger partial charge < -0.3 is 42.6 Å². The number of hydrogen-bond acceptors (Lipinski definition) is 15. The van der Waals surface area contributed by atoms with Gasteiger partial charge in [-0.05, 0) is 24.3 Å². The first-order chi connectivity index (χ1) is 23.9. The van der Waals surface area contributed by atoms with Crippen molar-refractivity contribution in [2.24, 2.45) is 0 Å². The fraction of sp³-hybridized carbons (Fsp3) is 0.625. The lowest BCUT2D eigenvalue weighted by Crippen LogP contribution is -2.16. The van der Waals surface area contributed by atoms with E-state index in [-0.39, 0.29) is 36.2 Å². The molecule has 0 aliphatic carbocycles. The average molecular weight is 739 g/mol. The average Bonchev–Trinajstić information content (AvgIpc) is 3.11. The summed E-state index contributed by atoms with van der Waals surface area (Å²) in [5, 5.41) is 0. The lowest BCUT2D eigenvalue weighted by atomic mass is 10.4. The van der Waals surface area contributed by atoms with E-state index in [1.165, 1.54) is 24.3 Å². The van der Waals surface area contributed by atoms with Crippen LogP contribution in [0.25, 0.3) is 0 Å². The van der Waals surface area contributed by atoms with Crippen molar-refractivity contribution >= 4 is 20.2 Å². The van der Waals surface area contributed by atoms with Gasteiger partial charge in [-0.25, -0.2) is 0 Å². The van der Waals surface area contributed by atoms with Crippen molar-refractivity contribution in [2.75, 3.05) is 132 Å². The van der Waals surface area contributed by atoms with Gasteiger partial charge in [0.1, 0.15) is 0 Å². The molecule has 0 aliphatic rings. The van der Waals surface area contributed by atoms with E-state index in [0.29, 0.717) is 106 Å². The van der Waals surface area contributed by atoms with Crippen LogP contribution in [0.1, 0.15) is 0 Å². The molecule has 2 aromatic carbocycles. The SMILES string of the molecule is O=S(=O)(OCCOCCOCCOCCOCCOCCOCCOCCOCCOCCOS(=O)(=O)c1ccccc1)c1ccccc1. The Hall–Kier alpha value is -2.10. The maximum absolute atomic E-state index is 12.0. The molecule has 2 rings (SSSR count). The van der Waals surface area contributed by atoms with Gasteiger partial charge in [-0.15, -0.1) is 0 Å². The second kappa shape index (κ2) is 28.6. The maximum Gasteiger partial charge on any atom is 0.297 e. The third-order valence-corrected chi connectivity index (χ3v) is 8.63. The van der Waals surface area contributed by atoms with Crippen LogP contribution in [0.2, 0.25) is 0 Å². The third kappa shape index (κ3) is 23.1. The molecule has 0 bridgehead atoms. The summed E-state index contributed by atoms with van der Waals surface area (Å²) in [6.45, 7) is 6.73. The van der Waals surface area contributed by atoms with Crippen molar-refractivity contribution in [3.8, 4) is 0 Å². The van der Waals surface area contributed by atoms with Crippen LogP contribution >= 0.6 is 0 Å². The Balaban J connectivity index is 1.19. The van der Waals surface area contributed by atoms with Crippen LogP contribution in [0.15, 0.2) is 70.5 Å². The Kier molecular flexibility index (Phi) is 25.1. The normalized spacial score (nSPS) is 12.1. The Bertz CT molecular complexity index is 1150. The third-order valence-electron chi connectivity index (χ3n) is 5.97. The van der Waals surface area contributed by atoms with E-state index in [1.54, 1.807) is 36.4 Å². The number of hydrogen-bond donors (Lipinski definition) is 0. The summed E-state index contributed by atoms with van der Waals surface area (Å²) in [4.78, 5) is 0.225. The van der Waals surface area contributed by atoms with E-state index >= 15 is 0 Å². The zero-order valence-corrected chi connectivity index (χ0v) is 29.5. The largest absolute Gasteiger partial charge is 0.377 e. The van der Waals surface area contributed by atoms with E-state index in [0.717, 1.165) is 0 Å². The molecule has 0 amide bonds. The van der Waals surface area contributed by atoms with Crippen molar-refractivity contribution in [1.82, 2.24) is 0 Å². The van der Waals surface area contributed by atoms with Crippen LogP contribution in [0.4, 0.5) is 0 Å². The summed E-state index contributed by atoms with van der Waals surface area (Å²) in [5.74, 6) is 0. The van der Waals surface area contributed by atoms with E-state index in [1.807, 2.05) is 0 Å². The van der Waals surface area contributed by atoms with Gasteiger partial charge in [-0.2, -0.15) is 16.8 Å². The molecule has 0 fully saturated rings. The van der Waals surface area contributed by atoms with E-state index in [4.69, 9.17) is 51.0 Å². The van der Waals surface area contributed by atoms with Crippen molar-refractivity contribution in [3.63, 3.8) is 0 Å². The molecule has 0 saturated heterocycles. The molecule has 0 spiro atoms. The molecule has 15 nitrogen and oxygen atoms in total. The molecule has 0 saturated carbocycles. The van der Waals surface area contributed by atoms with E-state index < -0.39 is 20.2 Å². The monoisotopic (exact) mass is 738 g/mol. The van der Waals surface area contributed by atoms with Crippen molar-refractivity contribution in [2.45, 2.75) is 9.79 Å². The minimum absolute atomic E-state index is 0.0680. The number of benzene rings is 2. The van der Waals surface area contributed by atoms with E-state index in [2.05, 4.69) is 0 Å². The second-order valence-electron chi connectivity index (χ2n) is 9.69. The van der Waals surface area contributed by atoms with Crippen LogP contribution in [0.3, 0.4) is 0 Å². The Morgan fingerprint density at radius 2 is 0.469 bits per heavy atom. The lowest BCUT2D eigenvalue weighted by molar-refractivity contribution is -0.0257. The molecular formula is C32H50O15S2. The van der Waals surface area contributed by atoms with Crippen molar-refractivity contribution in [1.29, 1.82) is 0 Å². The molecule has 0 heterocycles. The number of rotatable bonds is 34. The van der Waals surface area contributed by atoms with Crippen LogP contribution in [0.5, 0.6) is 0 Å². The quantitative estimate of drug-likeness (QED) is 0.0754. The van der Waals surface area contributed by atoms with E-state index in [9.17, 15) is 16.8 Å². The van der Waals surface area contributed by atoms with Crippen LogP contribution in [0, 0.1) is 0 Å². The summed E-state index contributed by atoms with van der Waals surface area (Å²) in [6.07, 6.45) is 0. The predicted molar refractivity (Wildman–Crippen MR) is 177 cm³/mol. The van der Waals surface area contributed by atoms with Crippen LogP contribution < -0.4 is 0 Å². The molecule has 0 radical (unpaired) electrons. The summed E-state index contributed by atoms with van der Waals surface area (Å²) in [5.41, 5.74) is 0. The molecule has 17 heteroatoms. The first-order valence-electron chi connectivity index (χ1n) is 16.0. The molecule has 0 N–H and O–H groups in total. The lowest BCUT2D eigenvalue weighted by Gasteiger charge is -2.09. The van der Waals surface area contributed by atoms with Gasteiger partial charge in [-0.1, -0.05) is 36.4 Å². The number of ether oxygens (including phenoxy) is 9. The summed E-state index contributed by atoms with van der Waals surface area (Å²) in [7, 11) is -7.53. The van der Waals surface area contributed by atoms with Gasteiger partial charge in [0.05, 0.1) is 142 Å². The molecule has 49 heavy (non-hydrogen) atoms. The fourth-order valence-corrected chi connectivity index (χ4v) is 5.41. The standard InChI is InChI=1S/C32H50O15S2/c33-48(34,31-7-3-1-4-8-31)46-29-27-44-25-23-42-21-19-40-17-15-38-13-11-37-12-14-39-16-18-41-20-22-43-24-26-45-28-30-47-49(35,36)32-9-5-2-6-10-32/h1-10H,11-30H2. The van der Waals surface area contributed by atoms with Gasteiger partial charge in [-0.3, -0.25) is 8.37 Å². The highest BCUT2D eigenvalue weighted by Crippen LogP contribution is 2.11. The summed E-state index contributed by atoms with van der Waals surface area (Å²) in [6, 6.07) is 15.9. The highest BCUT2D eigenvalue weighted by molar-refractivity contribution is 7.87. The smallest absolute Gasteiger partial charge is 0.297 e. The minimum Gasteiger partial charge on any atom is -0.377 e. The fourth-order valence-electron chi connectivity index (χ4n) is 3.58. The summed E-state index contributed by atoms with van der Waals surface area (Å²) < 4.78 is 106. The second-order valence-corrected chi connectivity index (χ2v) is 12.9. The van der Waals surface area contributed by atoms with Crippen molar-refractivity contribution in [3.05, 3.63) is 60.7 Å². The Morgan fingerprint density at radius 3 is 0.673 bits per heavy atom. The molecule has 0 aromatic heterocycles. The highest BCUT2D eigenvalue weighted by atomic mass is 32.2. The molecule has 280 valence electrons. The molecular weight excluding hydrogens is 688 g/mol. The molecule has 0 aliphatic heterocycles. The van der Waals surface area contributed by atoms with Crippen LogP contribution in [-0.2, 0) is 71.2 Å². The first-order valence-corrected chi connectivity index (χ1v) is 18.8. The topological polar surface area (TPSA) is 170 Å². The first kappa shape index (κ1) is 43.1. The van der Waals surface area contributed by atoms with Gasteiger partial charge in [0, 0.05) is 0 Å². The van der Waals surface area contributed by atoms with Gasteiger partial charge >= 0.3 is 0 Å². The zero-order chi connectivity index (χ0) is 35.1. The molecule has 0 unspecified atom stereocenters. The highest BCUT2D eigenvalue weighted by Gasteiger charge is 2.14. The maximum atomic E-state index is 12.0. The molecule has 0 atom stereocenters. The minimum atomic E-state index is -3.77.